The first-order valence-corrected chi connectivity index (χ1v) is 12.9. The number of benzene rings is 2. The quantitative estimate of drug-likeness (QED) is 0.271. The number of ether oxygens (including phenoxy) is 1. The number of nitro benzene ring substituents is 1. The zero-order valence-corrected chi connectivity index (χ0v) is 20.4. The van der Waals surface area contributed by atoms with Gasteiger partial charge in [-0.05, 0) is 23.8 Å². The maximum atomic E-state index is 12.4. The first kappa shape index (κ1) is 26.0. The molecule has 2 aromatic rings. The molecule has 0 heterocycles. The van der Waals surface area contributed by atoms with E-state index in [1.807, 2.05) is 6.07 Å². The number of methoxy groups -OCH3 is 1. The van der Waals surface area contributed by atoms with Crippen LogP contribution in [-0.4, -0.2) is 51.5 Å². The van der Waals surface area contributed by atoms with Crippen molar-refractivity contribution in [2.75, 3.05) is 36.5 Å². The summed E-state index contributed by atoms with van der Waals surface area (Å²) in [5, 5.41) is 14.8. The van der Waals surface area contributed by atoms with E-state index in [4.69, 9.17) is 27.9 Å². The summed E-state index contributed by atoms with van der Waals surface area (Å²) < 4.78 is 30.5. The molecule has 0 radical (unpaired) electrons. The van der Waals surface area contributed by atoms with Crippen molar-refractivity contribution in [1.82, 2.24) is 5.32 Å². The fourth-order valence-electron chi connectivity index (χ4n) is 2.64. The number of sulfonamides is 1. The Balaban J connectivity index is 1.99. The Morgan fingerprint density at radius 1 is 1.25 bits per heavy atom. The van der Waals surface area contributed by atoms with E-state index in [-0.39, 0.29) is 17.1 Å². The number of halogens is 2. The summed E-state index contributed by atoms with van der Waals surface area (Å²) >= 11 is 13.5. The molecule has 1 amide bonds. The number of nitrogens with one attached hydrogen (secondary N) is 1. The van der Waals surface area contributed by atoms with Crippen molar-refractivity contribution in [3.8, 4) is 5.75 Å². The molecule has 0 aliphatic heterocycles. The Labute approximate surface area is 200 Å². The predicted octanol–water partition coefficient (Wildman–Crippen LogP) is 3.73. The lowest BCUT2D eigenvalue weighted by atomic mass is 10.2. The van der Waals surface area contributed by atoms with Crippen LogP contribution in [0.4, 0.5) is 11.4 Å². The van der Waals surface area contributed by atoms with Crippen LogP contribution in [0.25, 0.3) is 0 Å². The number of nitrogens with zero attached hydrogens (tertiary/aromatic N) is 2. The van der Waals surface area contributed by atoms with E-state index in [1.54, 1.807) is 12.1 Å². The second kappa shape index (κ2) is 11.6. The Hall–Kier alpha value is -2.21. The van der Waals surface area contributed by atoms with Crippen LogP contribution < -0.4 is 14.4 Å². The summed E-state index contributed by atoms with van der Waals surface area (Å²) in [7, 11) is -2.63. The molecule has 9 nitrogen and oxygen atoms in total. The van der Waals surface area contributed by atoms with Gasteiger partial charge in [0.1, 0.15) is 18.0 Å². The van der Waals surface area contributed by atoms with Crippen LogP contribution in [-0.2, 0) is 20.6 Å². The Bertz CT molecular complexity index is 1100. The maximum Gasteiger partial charge on any atom is 0.271 e. The molecule has 0 spiro atoms. The van der Waals surface area contributed by atoms with Crippen LogP contribution in [0.5, 0.6) is 5.75 Å². The fourth-order valence-corrected chi connectivity index (χ4v) is 4.91. The molecule has 13 heteroatoms. The molecule has 2 aromatic carbocycles. The van der Waals surface area contributed by atoms with Crippen molar-refractivity contribution < 1.29 is 22.9 Å². The minimum atomic E-state index is -3.93. The number of hydrogen-bond acceptors (Lipinski definition) is 7. The predicted molar refractivity (Wildman–Crippen MR) is 127 cm³/mol. The lowest BCUT2D eigenvalue weighted by molar-refractivity contribution is -0.384. The van der Waals surface area contributed by atoms with Gasteiger partial charge in [-0.3, -0.25) is 19.2 Å². The molecule has 1 N–H and O–H groups in total. The van der Waals surface area contributed by atoms with Crippen molar-refractivity contribution >= 4 is 62.3 Å². The lowest BCUT2D eigenvalue weighted by Crippen LogP contribution is -2.41. The van der Waals surface area contributed by atoms with Crippen LogP contribution >= 0.6 is 35.0 Å². The topological polar surface area (TPSA) is 119 Å². The van der Waals surface area contributed by atoms with Gasteiger partial charge in [-0.1, -0.05) is 29.3 Å². The number of carbonyl (C=O) groups is 1. The van der Waals surface area contributed by atoms with Crippen molar-refractivity contribution in [2.45, 2.75) is 5.75 Å². The van der Waals surface area contributed by atoms with Gasteiger partial charge in [0, 0.05) is 40.2 Å². The number of carbonyl (C=O) groups excluding carboxylic acids is 1. The Kier molecular flexibility index (Phi) is 9.44. The van der Waals surface area contributed by atoms with Crippen LogP contribution in [0.1, 0.15) is 5.56 Å². The molecule has 0 atom stereocenters. The van der Waals surface area contributed by atoms with Crippen molar-refractivity contribution in [3.63, 3.8) is 0 Å². The average molecular weight is 522 g/mol. The molecule has 0 saturated heterocycles. The molecule has 32 heavy (non-hydrogen) atoms. The minimum Gasteiger partial charge on any atom is -0.495 e. The third-order valence-electron chi connectivity index (χ3n) is 4.17. The number of hydrogen-bond donors (Lipinski definition) is 1. The highest BCUT2D eigenvalue weighted by molar-refractivity contribution is 7.98. The van der Waals surface area contributed by atoms with E-state index in [0.29, 0.717) is 28.1 Å². The van der Waals surface area contributed by atoms with Crippen molar-refractivity contribution in [2.24, 2.45) is 0 Å². The molecular formula is C19H21Cl2N3O6S2. The number of anilines is 1. The van der Waals surface area contributed by atoms with Crippen LogP contribution in [0.3, 0.4) is 0 Å². The van der Waals surface area contributed by atoms with Gasteiger partial charge in [0.15, 0.2) is 0 Å². The average Bonchev–Trinajstić information content (AvgIpc) is 2.71. The second-order valence-corrected chi connectivity index (χ2v) is 10.4. The second-order valence-electron chi connectivity index (χ2n) is 6.52. The first-order valence-electron chi connectivity index (χ1n) is 9.11. The normalized spacial score (nSPS) is 11.1. The summed E-state index contributed by atoms with van der Waals surface area (Å²) in [6.07, 6.45) is 0.907. The fraction of sp³-hybridized carbons (Fsp3) is 0.316. The SMILES string of the molecule is COc1ccc([N+](=O)[O-])cc1N(CC(=O)NCCSCc1ccc(Cl)cc1Cl)S(C)(=O)=O. The highest BCUT2D eigenvalue weighted by Crippen LogP contribution is 2.33. The van der Waals surface area contributed by atoms with E-state index in [1.165, 1.54) is 31.0 Å². The summed E-state index contributed by atoms with van der Waals surface area (Å²) in [5.41, 5.74) is 0.492. The van der Waals surface area contributed by atoms with Gasteiger partial charge >= 0.3 is 0 Å². The molecule has 0 bridgehead atoms. The molecule has 0 aromatic heterocycles. The van der Waals surface area contributed by atoms with Gasteiger partial charge in [-0.2, -0.15) is 11.8 Å². The van der Waals surface area contributed by atoms with Gasteiger partial charge in [0.05, 0.1) is 18.3 Å². The van der Waals surface area contributed by atoms with E-state index >= 15 is 0 Å². The minimum absolute atomic E-state index is 0.0872. The molecular weight excluding hydrogens is 501 g/mol. The third-order valence-corrected chi connectivity index (χ3v) is 6.89. The number of thioether (sulfide) groups is 1. The Morgan fingerprint density at radius 3 is 2.56 bits per heavy atom. The molecule has 0 aliphatic carbocycles. The standard InChI is InChI=1S/C19H21Cl2N3O6S2/c1-30-18-6-5-15(24(26)27)10-17(18)23(32(2,28)29)11-19(25)22-7-8-31-12-13-3-4-14(20)9-16(13)21/h3-6,9-10H,7-8,11-12H2,1-2H3,(H,22,25). The monoisotopic (exact) mass is 521 g/mol. The van der Waals surface area contributed by atoms with E-state index in [0.717, 1.165) is 22.2 Å². The lowest BCUT2D eigenvalue weighted by Gasteiger charge is -2.23. The van der Waals surface area contributed by atoms with Crippen LogP contribution in [0.2, 0.25) is 10.0 Å². The summed E-state index contributed by atoms with van der Waals surface area (Å²) in [5.74, 6) is 0.703. The molecule has 2 rings (SSSR count). The van der Waals surface area contributed by atoms with E-state index in [2.05, 4.69) is 5.32 Å². The third kappa shape index (κ3) is 7.44. The van der Waals surface area contributed by atoms with E-state index in [9.17, 15) is 23.3 Å². The van der Waals surface area contributed by atoms with Gasteiger partial charge < -0.3 is 10.1 Å². The molecule has 174 valence electrons. The van der Waals surface area contributed by atoms with Gasteiger partial charge in [0.25, 0.3) is 5.69 Å². The number of amides is 1. The van der Waals surface area contributed by atoms with Gasteiger partial charge in [-0.25, -0.2) is 8.42 Å². The maximum absolute atomic E-state index is 12.4. The number of non-ortho nitro benzene ring substituents is 1. The molecule has 0 unspecified atom stereocenters. The summed E-state index contributed by atoms with van der Waals surface area (Å²) in [4.78, 5) is 22.8. The summed E-state index contributed by atoms with van der Waals surface area (Å²) in [6, 6.07) is 8.75. The van der Waals surface area contributed by atoms with Crippen molar-refractivity contribution in [3.05, 3.63) is 62.1 Å². The molecule has 0 saturated carbocycles. The molecule has 0 fully saturated rings. The first-order chi connectivity index (χ1) is 15.0. The van der Waals surface area contributed by atoms with Crippen LogP contribution in [0, 0.1) is 10.1 Å². The summed E-state index contributed by atoms with van der Waals surface area (Å²) in [6.45, 7) is -0.261. The van der Waals surface area contributed by atoms with Gasteiger partial charge in [-0.15, -0.1) is 0 Å². The number of nitro groups is 1. The smallest absolute Gasteiger partial charge is 0.271 e. The van der Waals surface area contributed by atoms with Gasteiger partial charge in [0.2, 0.25) is 15.9 Å². The Morgan fingerprint density at radius 2 is 1.97 bits per heavy atom. The largest absolute Gasteiger partial charge is 0.495 e. The molecule has 0 aliphatic rings. The zero-order chi connectivity index (χ0) is 23.9. The highest BCUT2D eigenvalue weighted by atomic mass is 35.5. The zero-order valence-electron chi connectivity index (χ0n) is 17.2. The van der Waals surface area contributed by atoms with Crippen molar-refractivity contribution in [1.29, 1.82) is 0 Å². The number of rotatable bonds is 11. The highest BCUT2D eigenvalue weighted by Gasteiger charge is 2.26. The van der Waals surface area contributed by atoms with Crippen LogP contribution in [0.15, 0.2) is 36.4 Å². The van der Waals surface area contributed by atoms with E-state index < -0.39 is 27.4 Å².